The molecule has 29 heavy (non-hydrogen) atoms. The number of alkyl halides is 3. The molecule has 2 heterocycles. The number of benzene rings is 1. The zero-order chi connectivity index (χ0) is 20.9. The number of hydrogen-bond donors (Lipinski definition) is 1. The maximum absolute atomic E-state index is 12.7. The normalized spacial score (nSPS) is 15.7. The third-order valence-electron chi connectivity index (χ3n) is 4.64. The number of H-pyrrole nitrogens is 1. The first-order chi connectivity index (χ1) is 13.8. The first-order valence-electron chi connectivity index (χ1n) is 9.29. The third kappa shape index (κ3) is 6.55. The lowest BCUT2D eigenvalue weighted by Crippen LogP contribution is -2.49. The van der Waals surface area contributed by atoms with E-state index in [9.17, 15) is 18.0 Å². The van der Waals surface area contributed by atoms with E-state index in [4.69, 9.17) is 0 Å². The van der Waals surface area contributed by atoms with Gasteiger partial charge in [-0.25, -0.2) is 0 Å². The second kappa shape index (κ2) is 9.73. The Kier molecular flexibility index (Phi) is 7.31. The Morgan fingerprint density at radius 3 is 2.52 bits per heavy atom. The van der Waals surface area contributed by atoms with Crippen molar-refractivity contribution >= 4 is 21.8 Å². The molecule has 0 radical (unpaired) electrons. The van der Waals surface area contributed by atoms with Gasteiger partial charge in [0.25, 0.3) is 5.91 Å². The molecule has 6 nitrogen and oxygen atoms in total. The second-order valence-electron chi connectivity index (χ2n) is 6.83. The number of ether oxygens (including phenoxy) is 1. The van der Waals surface area contributed by atoms with Crippen LogP contribution in [-0.4, -0.2) is 78.0 Å². The summed E-state index contributed by atoms with van der Waals surface area (Å²) in [7, 11) is 0. The van der Waals surface area contributed by atoms with Gasteiger partial charge in [0.2, 0.25) is 0 Å². The first-order valence-corrected chi connectivity index (χ1v) is 10.1. The molecule has 0 aliphatic carbocycles. The van der Waals surface area contributed by atoms with Crippen molar-refractivity contribution in [2.75, 3.05) is 45.9 Å². The number of nitrogens with one attached hydrogen (secondary N) is 1. The van der Waals surface area contributed by atoms with Crippen LogP contribution in [0.3, 0.4) is 0 Å². The highest BCUT2D eigenvalue weighted by Gasteiger charge is 2.27. The van der Waals surface area contributed by atoms with Crippen LogP contribution in [0.5, 0.6) is 0 Å². The molecule has 0 bridgehead atoms. The topological polar surface area (TPSA) is 61.5 Å². The molecule has 10 heteroatoms. The largest absolute Gasteiger partial charge is 0.411 e. The lowest BCUT2D eigenvalue weighted by molar-refractivity contribution is -0.174. The van der Waals surface area contributed by atoms with Crippen molar-refractivity contribution in [3.05, 3.63) is 40.5 Å². The minimum Gasteiger partial charge on any atom is -0.372 e. The van der Waals surface area contributed by atoms with Gasteiger partial charge in [-0.05, 0) is 24.6 Å². The highest BCUT2D eigenvalue weighted by molar-refractivity contribution is 9.10. The Balaban J connectivity index is 1.43. The fourth-order valence-electron chi connectivity index (χ4n) is 3.12. The molecular weight excluding hydrogens is 453 g/mol. The molecule has 1 aromatic heterocycles. The van der Waals surface area contributed by atoms with Crippen LogP contribution in [-0.2, 0) is 4.74 Å². The standard InChI is InChI=1S/C19H22BrF3N4O2/c20-15-4-2-14(3-5-15)16-12-17(25-24-16)18(28)27-9-7-26(8-10-27)6-1-11-29-13-19(21,22)23/h2-5,12H,1,6-11,13H2,(H,24,25). The van der Waals surface area contributed by atoms with Crippen LogP contribution >= 0.6 is 15.9 Å². The number of carbonyl (C=O) groups is 1. The summed E-state index contributed by atoms with van der Waals surface area (Å²) < 4.78 is 41.7. The maximum atomic E-state index is 12.7. The van der Waals surface area contributed by atoms with E-state index in [1.54, 1.807) is 11.0 Å². The highest BCUT2D eigenvalue weighted by Crippen LogP contribution is 2.21. The Morgan fingerprint density at radius 2 is 1.86 bits per heavy atom. The van der Waals surface area contributed by atoms with E-state index in [0.29, 0.717) is 50.5 Å². The molecule has 1 amide bonds. The molecule has 0 spiro atoms. The number of aromatic nitrogens is 2. The third-order valence-corrected chi connectivity index (χ3v) is 5.17. The lowest BCUT2D eigenvalue weighted by Gasteiger charge is -2.34. The monoisotopic (exact) mass is 474 g/mol. The van der Waals surface area contributed by atoms with Crippen molar-refractivity contribution in [3.8, 4) is 11.3 Å². The number of rotatable bonds is 7. The summed E-state index contributed by atoms with van der Waals surface area (Å²) in [6.45, 7) is 2.01. The van der Waals surface area contributed by atoms with Gasteiger partial charge in [0.15, 0.2) is 0 Å². The molecule has 0 atom stereocenters. The number of carbonyl (C=O) groups excluding carboxylic acids is 1. The quantitative estimate of drug-likeness (QED) is 0.623. The molecule has 1 aliphatic heterocycles. The van der Waals surface area contributed by atoms with E-state index in [1.807, 2.05) is 24.3 Å². The van der Waals surface area contributed by atoms with Crippen LogP contribution in [0.4, 0.5) is 13.2 Å². The van der Waals surface area contributed by atoms with Crippen LogP contribution in [0.15, 0.2) is 34.8 Å². The van der Waals surface area contributed by atoms with Gasteiger partial charge in [0.05, 0.1) is 5.69 Å². The molecule has 3 rings (SSSR count). The molecule has 0 unspecified atom stereocenters. The molecule has 1 fully saturated rings. The molecule has 0 saturated carbocycles. The summed E-state index contributed by atoms with van der Waals surface area (Å²) in [5.41, 5.74) is 2.07. The zero-order valence-electron chi connectivity index (χ0n) is 15.7. The summed E-state index contributed by atoms with van der Waals surface area (Å²) in [6.07, 6.45) is -3.75. The van der Waals surface area contributed by atoms with Gasteiger partial charge < -0.3 is 9.64 Å². The van der Waals surface area contributed by atoms with E-state index < -0.39 is 12.8 Å². The predicted molar refractivity (Wildman–Crippen MR) is 106 cm³/mol. The van der Waals surface area contributed by atoms with Gasteiger partial charge >= 0.3 is 6.18 Å². The Bertz CT molecular complexity index is 803. The van der Waals surface area contributed by atoms with Crippen LogP contribution in [0.2, 0.25) is 0 Å². The van der Waals surface area contributed by atoms with Gasteiger partial charge in [-0.15, -0.1) is 0 Å². The SMILES string of the molecule is O=C(c1cc(-c2ccc(Br)cc2)n[nH]1)N1CCN(CCCOCC(F)(F)F)CC1. The summed E-state index contributed by atoms with van der Waals surface area (Å²) in [4.78, 5) is 16.6. The zero-order valence-corrected chi connectivity index (χ0v) is 17.3. The van der Waals surface area contributed by atoms with Gasteiger partial charge in [-0.1, -0.05) is 28.1 Å². The Labute approximate surface area is 175 Å². The Hall–Kier alpha value is -1.91. The van der Waals surface area contributed by atoms with E-state index >= 15 is 0 Å². The van der Waals surface area contributed by atoms with Crippen LogP contribution < -0.4 is 0 Å². The van der Waals surface area contributed by atoms with Gasteiger partial charge in [0.1, 0.15) is 12.3 Å². The van der Waals surface area contributed by atoms with E-state index in [1.165, 1.54) is 0 Å². The lowest BCUT2D eigenvalue weighted by atomic mass is 10.1. The average Bonchev–Trinajstić information content (AvgIpc) is 3.17. The summed E-state index contributed by atoms with van der Waals surface area (Å²) in [5, 5.41) is 7.04. The summed E-state index contributed by atoms with van der Waals surface area (Å²) in [6, 6.07) is 9.42. The fourth-order valence-corrected chi connectivity index (χ4v) is 3.39. The maximum Gasteiger partial charge on any atom is 0.411 e. The second-order valence-corrected chi connectivity index (χ2v) is 7.74. The van der Waals surface area contributed by atoms with Crippen molar-refractivity contribution in [1.29, 1.82) is 0 Å². The number of aromatic amines is 1. The van der Waals surface area contributed by atoms with Crippen LogP contribution in [0.1, 0.15) is 16.9 Å². The summed E-state index contributed by atoms with van der Waals surface area (Å²) >= 11 is 3.39. The number of piperazine rings is 1. The molecule has 2 aromatic rings. The van der Waals surface area contributed by atoms with Crippen molar-refractivity contribution in [1.82, 2.24) is 20.0 Å². The van der Waals surface area contributed by atoms with Gasteiger partial charge in [-0.3, -0.25) is 14.8 Å². The molecule has 1 aliphatic rings. The van der Waals surface area contributed by atoms with Crippen molar-refractivity contribution in [2.24, 2.45) is 0 Å². The molecule has 1 N–H and O–H groups in total. The molecule has 158 valence electrons. The number of halogens is 4. The van der Waals surface area contributed by atoms with E-state index in [0.717, 1.165) is 10.0 Å². The van der Waals surface area contributed by atoms with Crippen LogP contribution in [0.25, 0.3) is 11.3 Å². The molecule has 1 aromatic carbocycles. The predicted octanol–water partition coefficient (Wildman–Crippen LogP) is 3.57. The fraction of sp³-hybridized carbons (Fsp3) is 0.474. The number of nitrogens with zero attached hydrogens (tertiary/aromatic N) is 3. The first kappa shape index (κ1) is 21.8. The number of hydrogen-bond acceptors (Lipinski definition) is 4. The van der Waals surface area contributed by atoms with Crippen LogP contribution in [0, 0.1) is 0 Å². The number of amides is 1. The minimum atomic E-state index is -4.28. The molecular formula is C19H22BrF3N4O2. The Morgan fingerprint density at radius 1 is 1.17 bits per heavy atom. The van der Waals surface area contributed by atoms with E-state index in [-0.39, 0.29) is 12.5 Å². The van der Waals surface area contributed by atoms with Crippen molar-refractivity contribution in [2.45, 2.75) is 12.6 Å². The smallest absolute Gasteiger partial charge is 0.372 e. The highest BCUT2D eigenvalue weighted by atomic mass is 79.9. The van der Waals surface area contributed by atoms with E-state index in [2.05, 4.69) is 35.8 Å². The average molecular weight is 475 g/mol. The van der Waals surface area contributed by atoms with Gasteiger partial charge in [-0.2, -0.15) is 18.3 Å². The minimum absolute atomic E-state index is 0.0750. The molecule has 1 saturated heterocycles. The van der Waals surface area contributed by atoms with Crippen molar-refractivity contribution < 1.29 is 22.7 Å². The van der Waals surface area contributed by atoms with Crippen molar-refractivity contribution in [3.63, 3.8) is 0 Å². The van der Waals surface area contributed by atoms with Gasteiger partial charge in [0, 0.05) is 49.4 Å². The summed E-state index contributed by atoms with van der Waals surface area (Å²) in [5.74, 6) is -0.103.